The van der Waals surface area contributed by atoms with E-state index in [4.69, 9.17) is 9.84 Å². The third kappa shape index (κ3) is 1.34. The van der Waals surface area contributed by atoms with E-state index in [1.54, 1.807) is 0 Å². The first-order valence-electron chi connectivity index (χ1n) is 3.25. The van der Waals surface area contributed by atoms with Crippen LogP contribution < -0.4 is 0 Å². The highest BCUT2D eigenvalue weighted by Gasteiger charge is 2.38. The SMILES string of the molecule is C[C@@H]1OC(CO)[C@@H](O)[C@@H]1Br. The highest BCUT2D eigenvalue weighted by Crippen LogP contribution is 2.26. The average molecular weight is 211 g/mol. The van der Waals surface area contributed by atoms with Crippen LogP contribution in [0.1, 0.15) is 6.92 Å². The maximum absolute atomic E-state index is 9.30. The molecule has 0 aromatic rings. The summed E-state index contributed by atoms with van der Waals surface area (Å²) < 4.78 is 5.19. The Morgan fingerprint density at radius 1 is 1.60 bits per heavy atom. The van der Waals surface area contributed by atoms with Crippen LogP contribution in [-0.4, -0.2) is 40.0 Å². The second-order valence-corrected chi connectivity index (χ2v) is 3.55. The van der Waals surface area contributed by atoms with Crippen LogP contribution in [0.4, 0.5) is 0 Å². The Morgan fingerprint density at radius 2 is 2.20 bits per heavy atom. The lowest BCUT2D eigenvalue weighted by molar-refractivity contribution is -0.0170. The lowest BCUT2D eigenvalue weighted by Crippen LogP contribution is -2.29. The Kier molecular flexibility index (Phi) is 2.68. The van der Waals surface area contributed by atoms with E-state index in [0.29, 0.717) is 0 Å². The zero-order valence-electron chi connectivity index (χ0n) is 5.70. The number of aliphatic hydroxyl groups is 2. The first kappa shape index (κ1) is 8.46. The minimum Gasteiger partial charge on any atom is -0.394 e. The molecule has 4 atom stereocenters. The van der Waals surface area contributed by atoms with E-state index in [2.05, 4.69) is 15.9 Å². The summed E-state index contributed by atoms with van der Waals surface area (Å²) in [5, 5.41) is 18.0. The van der Waals surface area contributed by atoms with Crippen molar-refractivity contribution in [2.45, 2.75) is 30.1 Å². The summed E-state index contributed by atoms with van der Waals surface area (Å²) in [6, 6.07) is 0. The Morgan fingerprint density at radius 3 is 2.40 bits per heavy atom. The monoisotopic (exact) mass is 210 g/mol. The van der Waals surface area contributed by atoms with Gasteiger partial charge in [0, 0.05) is 0 Å². The molecule has 0 aliphatic carbocycles. The smallest absolute Gasteiger partial charge is 0.108 e. The fourth-order valence-corrected chi connectivity index (χ4v) is 1.53. The van der Waals surface area contributed by atoms with Crippen molar-refractivity contribution in [3.8, 4) is 0 Å². The molecule has 0 amide bonds. The summed E-state index contributed by atoms with van der Waals surface area (Å²) in [5.74, 6) is 0. The summed E-state index contributed by atoms with van der Waals surface area (Å²) in [6.45, 7) is 1.74. The fraction of sp³-hybridized carbons (Fsp3) is 1.00. The van der Waals surface area contributed by atoms with Gasteiger partial charge < -0.3 is 14.9 Å². The molecule has 0 spiro atoms. The van der Waals surface area contributed by atoms with Crippen molar-refractivity contribution in [3.05, 3.63) is 0 Å². The third-order valence-corrected chi connectivity index (χ3v) is 3.01. The second kappa shape index (κ2) is 3.17. The normalized spacial score (nSPS) is 48.0. The number of halogens is 1. The number of alkyl halides is 1. The maximum atomic E-state index is 9.30. The van der Waals surface area contributed by atoms with Gasteiger partial charge in [0.15, 0.2) is 0 Å². The minimum absolute atomic E-state index is 0.0212. The van der Waals surface area contributed by atoms with Gasteiger partial charge in [-0.2, -0.15) is 0 Å². The fourth-order valence-electron chi connectivity index (χ4n) is 1.07. The molecule has 0 radical (unpaired) electrons. The number of ether oxygens (including phenoxy) is 1. The highest BCUT2D eigenvalue weighted by atomic mass is 79.9. The van der Waals surface area contributed by atoms with Crippen LogP contribution in [0.3, 0.4) is 0 Å². The third-order valence-electron chi connectivity index (χ3n) is 1.73. The molecule has 1 aliphatic heterocycles. The highest BCUT2D eigenvalue weighted by molar-refractivity contribution is 9.09. The van der Waals surface area contributed by atoms with E-state index in [9.17, 15) is 5.11 Å². The Bertz CT molecular complexity index is 120. The van der Waals surface area contributed by atoms with Gasteiger partial charge in [0.2, 0.25) is 0 Å². The minimum atomic E-state index is -0.583. The van der Waals surface area contributed by atoms with Gasteiger partial charge in [-0.05, 0) is 6.92 Å². The van der Waals surface area contributed by atoms with Crippen molar-refractivity contribution >= 4 is 15.9 Å². The average Bonchev–Trinajstić information content (AvgIpc) is 2.17. The van der Waals surface area contributed by atoms with Gasteiger partial charge in [-0.25, -0.2) is 0 Å². The zero-order chi connectivity index (χ0) is 7.72. The summed E-state index contributed by atoms with van der Waals surface area (Å²) in [4.78, 5) is -0.0513. The van der Waals surface area contributed by atoms with E-state index >= 15 is 0 Å². The summed E-state index contributed by atoms with van der Waals surface area (Å²) in [7, 11) is 0. The van der Waals surface area contributed by atoms with E-state index in [0.717, 1.165) is 0 Å². The Hall–Kier alpha value is 0.360. The molecule has 0 aromatic carbocycles. The van der Waals surface area contributed by atoms with Gasteiger partial charge in [0.1, 0.15) is 6.10 Å². The molecule has 0 aromatic heterocycles. The molecule has 1 fully saturated rings. The Labute approximate surface area is 68.1 Å². The molecular weight excluding hydrogens is 200 g/mol. The largest absolute Gasteiger partial charge is 0.394 e. The number of hydrogen-bond acceptors (Lipinski definition) is 3. The molecule has 3 nitrogen and oxygen atoms in total. The molecule has 10 heavy (non-hydrogen) atoms. The van der Waals surface area contributed by atoms with Crippen LogP contribution in [-0.2, 0) is 4.74 Å². The number of aliphatic hydroxyl groups excluding tert-OH is 2. The van der Waals surface area contributed by atoms with E-state index < -0.39 is 12.2 Å². The van der Waals surface area contributed by atoms with Gasteiger partial charge in [-0.3, -0.25) is 0 Å². The van der Waals surface area contributed by atoms with E-state index in [-0.39, 0.29) is 17.5 Å². The maximum Gasteiger partial charge on any atom is 0.108 e. The van der Waals surface area contributed by atoms with Gasteiger partial charge in [-0.1, -0.05) is 15.9 Å². The molecule has 1 heterocycles. The molecule has 1 rings (SSSR count). The van der Waals surface area contributed by atoms with Gasteiger partial charge in [0.25, 0.3) is 0 Å². The number of hydrogen-bond donors (Lipinski definition) is 2. The van der Waals surface area contributed by atoms with E-state index in [1.165, 1.54) is 0 Å². The van der Waals surface area contributed by atoms with Gasteiger partial charge in [0.05, 0.1) is 23.6 Å². The van der Waals surface area contributed by atoms with Crippen LogP contribution in [0.25, 0.3) is 0 Å². The summed E-state index contributed by atoms with van der Waals surface area (Å²) >= 11 is 3.26. The Balaban J connectivity index is 2.53. The predicted molar refractivity (Wildman–Crippen MR) is 40.1 cm³/mol. The van der Waals surface area contributed by atoms with Crippen molar-refractivity contribution in [2.24, 2.45) is 0 Å². The summed E-state index contributed by atoms with van der Waals surface area (Å²) in [5.41, 5.74) is 0. The van der Waals surface area contributed by atoms with Crippen LogP contribution in [0.2, 0.25) is 0 Å². The van der Waals surface area contributed by atoms with Crippen molar-refractivity contribution in [1.29, 1.82) is 0 Å². The second-order valence-electron chi connectivity index (χ2n) is 2.50. The standard InChI is InChI=1S/C6H11BrO3/c1-3-5(7)6(9)4(2-8)10-3/h3-6,8-9H,2H2,1H3/t3-,4?,5+,6+/m0/s1. The topological polar surface area (TPSA) is 49.7 Å². The van der Waals surface area contributed by atoms with Crippen LogP contribution in [0, 0.1) is 0 Å². The molecule has 2 N–H and O–H groups in total. The van der Waals surface area contributed by atoms with Gasteiger partial charge in [-0.15, -0.1) is 0 Å². The molecule has 1 saturated heterocycles. The molecule has 1 aliphatic rings. The first-order chi connectivity index (χ1) is 4.66. The van der Waals surface area contributed by atoms with Gasteiger partial charge >= 0.3 is 0 Å². The molecule has 0 bridgehead atoms. The van der Waals surface area contributed by atoms with Crippen LogP contribution in [0.5, 0.6) is 0 Å². The predicted octanol–water partition coefficient (Wildman–Crippen LogP) is -0.110. The lowest BCUT2D eigenvalue weighted by atomic mass is 10.1. The molecule has 60 valence electrons. The van der Waals surface area contributed by atoms with Crippen molar-refractivity contribution in [2.75, 3.05) is 6.61 Å². The zero-order valence-corrected chi connectivity index (χ0v) is 7.28. The van der Waals surface area contributed by atoms with Crippen molar-refractivity contribution in [1.82, 2.24) is 0 Å². The quantitative estimate of drug-likeness (QED) is 0.595. The summed E-state index contributed by atoms with van der Waals surface area (Å²) in [6.07, 6.45) is -1.02. The molecule has 0 saturated carbocycles. The van der Waals surface area contributed by atoms with Crippen molar-refractivity contribution < 1.29 is 14.9 Å². The van der Waals surface area contributed by atoms with Crippen LogP contribution >= 0.6 is 15.9 Å². The van der Waals surface area contributed by atoms with Crippen LogP contribution in [0.15, 0.2) is 0 Å². The molecule has 4 heteroatoms. The lowest BCUT2D eigenvalue weighted by Gasteiger charge is -2.10. The first-order valence-corrected chi connectivity index (χ1v) is 4.17. The number of rotatable bonds is 1. The van der Waals surface area contributed by atoms with E-state index in [1.807, 2.05) is 6.92 Å². The van der Waals surface area contributed by atoms with Crippen molar-refractivity contribution in [3.63, 3.8) is 0 Å². The molecular formula is C6H11BrO3. The molecule has 1 unspecified atom stereocenters.